The van der Waals surface area contributed by atoms with Crippen LogP contribution in [0.25, 0.3) is 0 Å². The Bertz CT molecular complexity index is 402. The molecule has 0 fully saturated rings. The second-order valence-corrected chi connectivity index (χ2v) is 5.54. The number of hydrazine groups is 1. The van der Waals surface area contributed by atoms with Gasteiger partial charge >= 0.3 is 12.4 Å². The fraction of sp³-hybridized carbons (Fsp3) is 0.556. The molecule has 1 aromatic rings. The molecule has 1 unspecified atom stereocenters. The first-order chi connectivity index (χ1) is 8.55. The van der Waals surface area contributed by atoms with Crippen molar-refractivity contribution in [3.8, 4) is 0 Å². The van der Waals surface area contributed by atoms with E-state index in [2.05, 4.69) is 0 Å². The molecule has 0 bridgehead atoms. The summed E-state index contributed by atoms with van der Waals surface area (Å²) in [5, 5.41) is 0. The molecule has 0 spiro atoms. The molecule has 0 aliphatic heterocycles. The molecular weight excluding hydrogens is 318 g/mol. The maximum absolute atomic E-state index is 12.5. The molecule has 10 heteroatoms. The number of halogens is 7. The van der Waals surface area contributed by atoms with Crippen LogP contribution in [0.15, 0.2) is 12.1 Å². The number of hydrogen-bond donors (Lipinski definition) is 2. The van der Waals surface area contributed by atoms with Gasteiger partial charge in [0.25, 0.3) is 0 Å². The van der Waals surface area contributed by atoms with Crippen LogP contribution >= 0.6 is 22.9 Å². The average molecular weight is 327 g/mol. The third kappa shape index (κ3) is 4.51. The van der Waals surface area contributed by atoms with Crippen LogP contribution in [0, 0.1) is 5.92 Å². The van der Waals surface area contributed by atoms with Crippen LogP contribution in [0.3, 0.4) is 0 Å². The minimum atomic E-state index is -5.43. The Morgan fingerprint density at radius 1 is 1.16 bits per heavy atom. The Balaban J connectivity index is 2.97. The van der Waals surface area contributed by atoms with Crippen molar-refractivity contribution in [1.82, 2.24) is 5.43 Å². The van der Waals surface area contributed by atoms with E-state index < -0.39 is 30.7 Å². The van der Waals surface area contributed by atoms with Crippen LogP contribution in [-0.4, -0.2) is 18.4 Å². The first-order valence-corrected chi connectivity index (χ1v) is 6.09. The summed E-state index contributed by atoms with van der Waals surface area (Å²) in [6.45, 7) is 0. The van der Waals surface area contributed by atoms with Gasteiger partial charge < -0.3 is 0 Å². The van der Waals surface area contributed by atoms with Gasteiger partial charge in [-0.1, -0.05) is 11.6 Å². The van der Waals surface area contributed by atoms with Crippen molar-refractivity contribution in [3.05, 3.63) is 21.3 Å². The Hall–Kier alpha value is -0.510. The minimum absolute atomic E-state index is 0.279. The van der Waals surface area contributed by atoms with E-state index in [0.717, 1.165) is 11.3 Å². The van der Waals surface area contributed by atoms with Gasteiger partial charge in [0.15, 0.2) is 5.92 Å². The van der Waals surface area contributed by atoms with Crippen LogP contribution in [0.2, 0.25) is 4.34 Å². The zero-order valence-corrected chi connectivity index (χ0v) is 10.7. The first kappa shape index (κ1) is 16.5. The van der Waals surface area contributed by atoms with E-state index in [4.69, 9.17) is 17.4 Å². The predicted molar refractivity (Wildman–Crippen MR) is 59.7 cm³/mol. The Labute approximate surface area is 113 Å². The molecule has 0 aliphatic carbocycles. The van der Waals surface area contributed by atoms with E-state index in [-0.39, 0.29) is 9.21 Å². The molecule has 0 radical (unpaired) electrons. The SMILES string of the molecule is NNC(Cc1ccc(Cl)s1)C(C(F)(F)F)C(F)(F)F. The van der Waals surface area contributed by atoms with Gasteiger partial charge in [0.1, 0.15) is 0 Å². The van der Waals surface area contributed by atoms with Crippen molar-refractivity contribution in [3.63, 3.8) is 0 Å². The molecule has 3 N–H and O–H groups in total. The molecule has 110 valence electrons. The molecular formula is C9H9ClF6N2S. The van der Waals surface area contributed by atoms with Gasteiger partial charge in [0.05, 0.1) is 4.34 Å². The molecule has 1 rings (SSSR count). The van der Waals surface area contributed by atoms with Gasteiger partial charge in [-0.15, -0.1) is 11.3 Å². The molecule has 0 saturated heterocycles. The van der Waals surface area contributed by atoms with Gasteiger partial charge in [-0.05, 0) is 18.6 Å². The Morgan fingerprint density at radius 3 is 2.00 bits per heavy atom. The number of rotatable bonds is 4. The van der Waals surface area contributed by atoms with Crippen molar-refractivity contribution in [2.75, 3.05) is 0 Å². The highest BCUT2D eigenvalue weighted by atomic mass is 35.5. The number of alkyl halides is 6. The second-order valence-electron chi connectivity index (χ2n) is 3.74. The summed E-state index contributed by atoms with van der Waals surface area (Å²) in [7, 11) is 0. The summed E-state index contributed by atoms with van der Waals surface area (Å²) in [6.07, 6.45) is -11.4. The van der Waals surface area contributed by atoms with E-state index in [1.165, 1.54) is 12.1 Å². The highest BCUT2D eigenvalue weighted by Crippen LogP contribution is 2.42. The summed E-state index contributed by atoms with van der Waals surface area (Å²) in [5.74, 6) is 1.31. The van der Waals surface area contributed by atoms with Crippen LogP contribution in [-0.2, 0) is 6.42 Å². The molecule has 0 aliphatic rings. The quantitative estimate of drug-likeness (QED) is 0.505. The summed E-state index contributed by atoms with van der Waals surface area (Å²) >= 11 is 6.47. The minimum Gasteiger partial charge on any atom is -0.271 e. The van der Waals surface area contributed by atoms with Crippen LogP contribution in [0.1, 0.15) is 4.88 Å². The monoisotopic (exact) mass is 326 g/mol. The molecule has 1 aromatic heterocycles. The fourth-order valence-corrected chi connectivity index (χ4v) is 2.74. The van der Waals surface area contributed by atoms with E-state index in [9.17, 15) is 26.3 Å². The molecule has 2 nitrogen and oxygen atoms in total. The largest absolute Gasteiger partial charge is 0.402 e. The molecule has 19 heavy (non-hydrogen) atoms. The first-order valence-electron chi connectivity index (χ1n) is 4.89. The lowest BCUT2D eigenvalue weighted by atomic mass is 9.95. The van der Waals surface area contributed by atoms with Gasteiger partial charge in [-0.2, -0.15) is 26.3 Å². The van der Waals surface area contributed by atoms with E-state index in [1.54, 1.807) is 5.43 Å². The molecule has 0 aromatic carbocycles. The second kappa shape index (κ2) is 5.86. The summed E-state index contributed by atoms with van der Waals surface area (Å²) in [6, 6.07) is 0.752. The predicted octanol–water partition coefficient (Wildman–Crippen LogP) is 3.52. The lowest BCUT2D eigenvalue weighted by Gasteiger charge is -2.29. The molecule has 1 heterocycles. The molecule has 0 amide bonds. The van der Waals surface area contributed by atoms with Crippen LogP contribution < -0.4 is 11.3 Å². The Morgan fingerprint density at radius 2 is 1.68 bits per heavy atom. The number of nitrogens with two attached hydrogens (primary N) is 1. The van der Waals surface area contributed by atoms with E-state index in [1.807, 2.05) is 0 Å². The van der Waals surface area contributed by atoms with E-state index >= 15 is 0 Å². The van der Waals surface area contributed by atoms with E-state index in [0.29, 0.717) is 0 Å². The summed E-state index contributed by atoms with van der Waals surface area (Å²) in [4.78, 5) is 0.284. The molecule has 0 saturated carbocycles. The number of thiophene rings is 1. The van der Waals surface area contributed by atoms with Crippen LogP contribution in [0.4, 0.5) is 26.3 Å². The van der Waals surface area contributed by atoms with Crippen LogP contribution in [0.5, 0.6) is 0 Å². The lowest BCUT2D eigenvalue weighted by molar-refractivity contribution is -0.291. The maximum Gasteiger partial charge on any atom is 0.402 e. The third-order valence-corrected chi connectivity index (χ3v) is 3.63. The smallest absolute Gasteiger partial charge is 0.271 e. The highest BCUT2D eigenvalue weighted by molar-refractivity contribution is 7.16. The number of hydrogen-bond acceptors (Lipinski definition) is 3. The fourth-order valence-electron chi connectivity index (χ4n) is 1.59. The Kier molecular flexibility index (Phi) is 5.10. The van der Waals surface area contributed by atoms with Gasteiger partial charge in [0.2, 0.25) is 0 Å². The topological polar surface area (TPSA) is 38.0 Å². The average Bonchev–Trinajstić information content (AvgIpc) is 2.58. The van der Waals surface area contributed by atoms with Crippen molar-refractivity contribution in [2.24, 2.45) is 11.8 Å². The normalized spacial score (nSPS) is 15.0. The third-order valence-electron chi connectivity index (χ3n) is 2.37. The van der Waals surface area contributed by atoms with Gasteiger partial charge in [-0.25, -0.2) is 0 Å². The zero-order chi connectivity index (χ0) is 14.8. The zero-order valence-electron chi connectivity index (χ0n) is 9.15. The van der Waals surface area contributed by atoms with Gasteiger partial charge in [-0.3, -0.25) is 11.3 Å². The van der Waals surface area contributed by atoms with Crippen molar-refractivity contribution >= 4 is 22.9 Å². The van der Waals surface area contributed by atoms with Gasteiger partial charge in [0, 0.05) is 10.9 Å². The standard InChI is InChI=1S/C9H9ClF6N2S/c10-6-2-1-4(19-6)3-5(18-17)7(8(11,12)13)9(14,15)16/h1-2,5,7,18H,3,17H2. The highest BCUT2D eigenvalue weighted by Gasteiger charge is 2.60. The van der Waals surface area contributed by atoms with Crippen molar-refractivity contribution < 1.29 is 26.3 Å². The lowest BCUT2D eigenvalue weighted by Crippen LogP contribution is -2.54. The number of nitrogens with one attached hydrogen (secondary N) is 1. The summed E-state index contributed by atoms with van der Waals surface area (Å²) in [5.41, 5.74) is 1.60. The van der Waals surface area contributed by atoms with Crippen molar-refractivity contribution in [2.45, 2.75) is 24.8 Å². The maximum atomic E-state index is 12.5. The van der Waals surface area contributed by atoms with Crippen molar-refractivity contribution in [1.29, 1.82) is 0 Å². The summed E-state index contributed by atoms with van der Waals surface area (Å²) < 4.78 is 75.4. The molecule has 1 atom stereocenters.